The molecule has 0 radical (unpaired) electrons. The fraction of sp³-hybridized carbons (Fsp3) is 0.727. The summed E-state index contributed by atoms with van der Waals surface area (Å²) in [5.41, 5.74) is 0. The first-order valence-corrected chi connectivity index (χ1v) is 5.20. The van der Waals surface area contributed by atoms with E-state index in [-0.39, 0.29) is 5.97 Å². The second-order valence-corrected chi connectivity index (χ2v) is 3.91. The third-order valence-corrected chi connectivity index (χ3v) is 2.50. The highest BCUT2D eigenvalue weighted by atomic mass is 16.5. The largest absolute Gasteiger partial charge is 0.461 e. The van der Waals surface area contributed by atoms with Gasteiger partial charge in [0.2, 0.25) is 0 Å². The van der Waals surface area contributed by atoms with Crippen molar-refractivity contribution in [1.29, 1.82) is 0 Å². The SMILES string of the molecule is C=CC(=O)OCCN(C)CCC1CC1. The first kappa shape index (κ1) is 11.2. The van der Waals surface area contributed by atoms with Crippen molar-refractivity contribution in [3.8, 4) is 0 Å². The van der Waals surface area contributed by atoms with E-state index in [0.717, 1.165) is 19.0 Å². The van der Waals surface area contributed by atoms with Crippen LogP contribution in [0.25, 0.3) is 0 Å². The van der Waals surface area contributed by atoms with Gasteiger partial charge in [-0.15, -0.1) is 0 Å². The van der Waals surface area contributed by atoms with Gasteiger partial charge in [0.05, 0.1) is 0 Å². The van der Waals surface area contributed by atoms with Crippen molar-refractivity contribution >= 4 is 5.97 Å². The molecule has 0 N–H and O–H groups in total. The van der Waals surface area contributed by atoms with E-state index in [1.54, 1.807) is 0 Å². The number of likely N-dealkylation sites (N-methyl/N-ethyl adjacent to an activating group) is 1. The molecule has 0 unspecified atom stereocenters. The number of hydrogen-bond acceptors (Lipinski definition) is 3. The molecule has 1 saturated carbocycles. The summed E-state index contributed by atoms with van der Waals surface area (Å²) in [5.74, 6) is 0.633. The fourth-order valence-electron chi connectivity index (χ4n) is 1.28. The maximum atomic E-state index is 10.7. The van der Waals surface area contributed by atoms with Gasteiger partial charge in [0.25, 0.3) is 0 Å². The van der Waals surface area contributed by atoms with E-state index < -0.39 is 0 Å². The van der Waals surface area contributed by atoms with Gasteiger partial charge >= 0.3 is 5.97 Å². The molecule has 0 bridgehead atoms. The fourth-order valence-corrected chi connectivity index (χ4v) is 1.28. The van der Waals surface area contributed by atoms with Crippen LogP contribution < -0.4 is 0 Å². The van der Waals surface area contributed by atoms with E-state index in [9.17, 15) is 4.79 Å². The molecule has 1 aliphatic carbocycles. The Balaban J connectivity index is 1.93. The van der Waals surface area contributed by atoms with Gasteiger partial charge in [0, 0.05) is 12.6 Å². The molecule has 1 aliphatic rings. The van der Waals surface area contributed by atoms with E-state index in [0.29, 0.717) is 6.61 Å². The molecule has 0 amide bonds. The van der Waals surface area contributed by atoms with Crippen molar-refractivity contribution in [2.24, 2.45) is 5.92 Å². The van der Waals surface area contributed by atoms with Crippen LogP contribution in [-0.4, -0.2) is 37.6 Å². The topological polar surface area (TPSA) is 29.5 Å². The Hall–Kier alpha value is -0.830. The number of esters is 1. The third kappa shape index (κ3) is 5.02. The van der Waals surface area contributed by atoms with Crippen LogP contribution >= 0.6 is 0 Å². The number of nitrogens with zero attached hydrogens (tertiary/aromatic N) is 1. The van der Waals surface area contributed by atoms with Crippen LogP contribution in [0.3, 0.4) is 0 Å². The zero-order valence-electron chi connectivity index (χ0n) is 8.87. The minimum atomic E-state index is -0.333. The molecule has 0 aromatic rings. The van der Waals surface area contributed by atoms with Crippen LogP contribution in [0.2, 0.25) is 0 Å². The lowest BCUT2D eigenvalue weighted by molar-refractivity contribution is -0.138. The van der Waals surface area contributed by atoms with Crippen molar-refractivity contribution < 1.29 is 9.53 Å². The average Bonchev–Trinajstić information content (AvgIpc) is 2.98. The second kappa shape index (κ2) is 5.81. The molecule has 1 rings (SSSR count). The third-order valence-electron chi connectivity index (χ3n) is 2.50. The lowest BCUT2D eigenvalue weighted by Crippen LogP contribution is -2.25. The molecular formula is C11H19NO2. The van der Waals surface area contributed by atoms with Gasteiger partial charge in [-0.1, -0.05) is 19.4 Å². The number of rotatable bonds is 7. The Kier molecular flexibility index (Phi) is 4.66. The zero-order chi connectivity index (χ0) is 10.4. The number of carbonyl (C=O) groups is 1. The van der Waals surface area contributed by atoms with Crippen molar-refractivity contribution in [1.82, 2.24) is 4.90 Å². The second-order valence-electron chi connectivity index (χ2n) is 3.91. The van der Waals surface area contributed by atoms with E-state index in [4.69, 9.17) is 4.74 Å². The summed E-state index contributed by atoms with van der Waals surface area (Å²) in [5, 5.41) is 0. The monoisotopic (exact) mass is 197 g/mol. The highest BCUT2D eigenvalue weighted by molar-refractivity contribution is 5.81. The molecule has 14 heavy (non-hydrogen) atoms. The van der Waals surface area contributed by atoms with Crippen LogP contribution in [0.4, 0.5) is 0 Å². The van der Waals surface area contributed by atoms with Gasteiger partial charge in [-0.05, 0) is 25.9 Å². The summed E-state index contributed by atoms with van der Waals surface area (Å²) in [7, 11) is 2.06. The number of carbonyl (C=O) groups excluding carboxylic acids is 1. The molecule has 0 heterocycles. The summed E-state index contributed by atoms with van der Waals surface area (Å²) >= 11 is 0. The Bertz CT molecular complexity index is 199. The van der Waals surface area contributed by atoms with E-state index in [1.807, 2.05) is 0 Å². The summed E-state index contributed by atoms with van der Waals surface area (Å²) in [6, 6.07) is 0. The van der Waals surface area contributed by atoms with Crippen LogP contribution in [-0.2, 0) is 9.53 Å². The molecule has 3 nitrogen and oxygen atoms in total. The Morgan fingerprint density at radius 2 is 2.29 bits per heavy atom. The summed E-state index contributed by atoms with van der Waals surface area (Å²) in [6.07, 6.45) is 5.29. The summed E-state index contributed by atoms with van der Waals surface area (Å²) in [4.78, 5) is 12.9. The van der Waals surface area contributed by atoms with Crippen LogP contribution in [0, 0.1) is 5.92 Å². The number of ether oxygens (including phenoxy) is 1. The lowest BCUT2D eigenvalue weighted by Gasteiger charge is -2.15. The first-order chi connectivity index (χ1) is 6.72. The highest BCUT2D eigenvalue weighted by Gasteiger charge is 2.20. The summed E-state index contributed by atoms with van der Waals surface area (Å²) in [6.45, 7) is 5.72. The van der Waals surface area contributed by atoms with Gasteiger partial charge in [0.15, 0.2) is 0 Å². The predicted octanol–water partition coefficient (Wildman–Crippen LogP) is 1.45. The Morgan fingerprint density at radius 1 is 1.57 bits per heavy atom. The van der Waals surface area contributed by atoms with E-state index in [2.05, 4.69) is 18.5 Å². The molecule has 0 aliphatic heterocycles. The quantitative estimate of drug-likeness (QED) is 0.457. The molecule has 0 saturated heterocycles. The van der Waals surface area contributed by atoms with Crippen LogP contribution in [0.15, 0.2) is 12.7 Å². The first-order valence-electron chi connectivity index (χ1n) is 5.20. The van der Waals surface area contributed by atoms with E-state index in [1.165, 1.54) is 25.3 Å². The van der Waals surface area contributed by atoms with Crippen LogP contribution in [0.1, 0.15) is 19.3 Å². The van der Waals surface area contributed by atoms with Gasteiger partial charge in [0.1, 0.15) is 6.61 Å². The predicted molar refractivity (Wildman–Crippen MR) is 56.0 cm³/mol. The molecule has 1 fully saturated rings. The minimum Gasteiger partial charge on any atom is -0.461 e. The van der Waals surface area contributed by atoms with Gasteiger partial charge < -0.3 is 9.64 Å². The molecule has 0 aromatic heterocycles. The minimum absolute atomic E-state index is 0.333. The zero-order valence-corrected chi connectivity index (χ0v) is 8.87. The summed E-state index contributed by atoms with van der Waals surface area (Å²) < 4.78 is 4.89. The normalized spacial score (nSPS) is 15.6. The molecule has 0 aromatic carbocycles. The number of hydrogen-bond donors (Lipinski definition) is 0. The molecular weight excluding hydrogens is 178 g/mol. The average molecular weight is 197 g/mol. The van der Waals surface area contributed by atoms with Gasteiger partial charge in [-0.25, -0.2) is 4.79 Å². The van der Waals surface area contributed by atoms with Crippen molar-refractivity contribution in [2.45, 2.75) is 19.3 Å². The molecule has 3 heteroatoms. The van der Waals surface area contributed by atoms with Gasteiger partial charge in [-0.3, -0.25) is 0 Å². The standard InChI is InChI=1S/C11H19NO2/c1-3-11(13)14-9-8-12(2)7-6-10-4-5-10/h3,10H,1,4-9H2,2H3. The smallest absolute Gasteiger partial charge is 0.330 e. The van der Waals surface area contributed by atoms with Crippen LogP contribution in [0.5, 0.6) is 0 Å². The van der Waals surface area contributed by atoms with Gasteiger partial charge in [-0.2, -0.15) is 0 Å². The Morgan fingerprint density at radius 3 is 2.86 bits per heavy atom. The maximum Gasteiger partial charge on any atom is 0.330 e. The highest BCUT2D eigenvalue weighted by Crippen LogP contribution is 2.32. The van der Waals surface area contributed by atoms with Crippen molar-refractivity contribution in [3.63, 3.8) is 0 Å². The molecule has 80 valence electrons. The molecule has 0 spiro atoms. The van der Waals surface area contributed by atoms with E-state index >= 15 is 0 Å². The maximum absolute atomic E-state index is 10.7. The lowest BCUT2D eigenvalue weighted by atomic mass is 10.3. The van der Waals surface area contributed by atoms with Crippen molar-refractivity contribution in [3.05, 3.63) is 12.7 Å². The molecule has 0 atom stereocenters. The Labute approximate surface area is 85.7 Å². The van der Waals surface area contributed by atoms with Crippen molar-refractivity contribution in [2.75, 3.05) is 26.7 Å².